The summed E-state index contributed by atoms with van der Waals surface area (Å²) in [5, 5.41) is 0.180. The third-order valence-corrected chi connectivity index (χ3v) is 1.84. The number of unbranched alkanes of at least 4 members (excludes halogenated alkanes) is 2. The normalized spacial score (nSPS) is 10.3. The van der Waals surface area contributed by atoms with Crippen LogP contribution in [0.3, 0.4) is 0 Å². The number of aryl methyl sites for hydroxylation is 1. The van der Waals surface area contributed by atoms with E-state index in [1.54, 1.807) is 0 Å². The molecule has 0 aromatic carbocycles. The van der Waals surface area contributed by atoms with Gasteiger partial charge in [0.1, 0.15) is 5.82 Å². The van der Waals surface area contributed by atoms with Gasteiger partial charge < -0.3 is 5.73 Å². The van der Waals surface area contributed by atoms with E-state index in [9.17, 15) is 0 Å². The zero-order chi connectivity index (χ0) is 9.68. The number of nitrogen functional groups attached to an aromatic ring is 1. The van der Waals surface area contributed by atoms with Crippen molar-refractivity contribution >= 4 is 17.5 Å². The number of hydrogen-bond acceptors (Lipinski definition) is 4. The van der Waals surface area contributed by atoms with Gasteiger partial charge >= 0.3 is 0 Å². The van der Waals surface area contributed by atoms with Crippen molar-refractivity contribution in [2.24, 2.45) is 0 Å². The minimum atomic E-state index is 0.180. The lowest BCUT2D eigenvalue weighted by Crippen LogP contribution is -2.03. The lowest BCUT2D eigenvalue weighted by Gasteiger charge is -1.99. The second-order valence-electron chi connectivity index (χ2n) is 2.84. The molecule has 2 N–H and O–H groups in total. The van der Waals surface area contributed by atoms with Crippen LogP contribution in [0.4, 0.5) is 5.95 Å². The first-order valence-electron chi connectivity index (χ1n) is 4.38. The Morgan fingerprint density at radius 3 is 2.62 bits per heavy atom. The van der Waals surface area contributed by atoms with Crippen LogP contribution in [0.2, 0.25) is 5.28 Å². The Morgan fingerprint density at radius 1 is 1.23 bits per heavy atom. The maximum absolute atomic E-state index is 5.62. The average molecular weight is 201 g/mol. The van der Waals surface area contributed by atoms with E-state index in [-0.39, 0.29) is 11.2 Å². The Balaban J connectivity index is 2.56. The molecule has 1 rings (SSSR count). The highest BCUT2D eigenvalue weighted by molar-refractivity contribution is 6.28. The Labute approximate surface area is 82.6 Å². The van der Waals surface area contributed by atoms with Gasteiger partial charge in [0.2, 0.25) is 11.2 Å². The lowest BCUT2D eigenvalue weighted by molar-refractivity contribution is 0.691. The van der Waals surface area contributed by atoms with E-state index >= 15 is 0 Å². The number of halogens is 1. The highest BCUT2D eigenvalue weighted by atomic mass is 35.5. The third kappa shape index (κ3) is 3.55. The van der Waals surface area contributed by atoms with E-state index in [2.05, 4.69) is 21.9 Å². The van der Waals surface area contributed by atoms with Crippen LogP contribution in [-0.4, -0.2) is 15.0 Å². The molecular weight excluding hydrogens is 188 g/mol. The molecule has 1 aromatic rings. The summed E-state index contributed by atoms with van der Waals surface area (Å²) in [5.74, 6) is 0.887. The maximum atomic E-state index is 5.62. The largest absolute Gasteiger partial charge is 0.368 e. The van der Waals surface area contributed by atoms with Gasteiger partial charge in [-0.2, -0.15) is 9.97 Å². The standard InChI is InChI=1S/C8H13ClN4/c1-2-3-4-5-6-11-7(9)13-8(10)12-6/h2-5H2,1H3,(H2,10,11,12,13). The van der Waals surface area contributed by atoms with Crippen LogP contribution in [0.15, 0.2) is 0 Å². The predicted molar refractivity (Wildman–Crippen MR) is 52.5 cm³/mol. The van der Waals surface area contributed by atoms with Gasteiger partial charge in [0.15, 0.2) is 0 Å². The van der Waals surface area contributed by atoms with Gasteiger partial charge in [-0.1, -0.05) is 19.8 Å². The molecule has 0 aliphatic heterocycles. The molecule has 13 heavy (non-hydrogen) atoms. The molecule has 5 heteroatoms. The molecule has 4 nitrogen and oxygen atoms in total. The van der Waals surface area contributed by atoms with E-state index in [1.807, 2.05) is 0 Å². The molecule has 72 valence electrons. The molecule has 0 radical (unpaired) electrons. The molecule has 0 bridgehead atoms. The molecule has 0 unspecified atom stereocenters. The topological polar surface area (TPSA) is 64.7 Å². The van der Waals surface area contributed by atoms with Gasteiger partial charge in [-0.05, 0) is 18.0 Å². The number of anilines is 1. The van der Waals surface area contributed by atoms with Crippen LogP contribution >= 0.6 is 11.6 Å². The highest BCUT2D eigenvalue weighted by Crippen LogP contribution is 2.06. The molecule has 0 spiro atoms. The van der Waals surface area contributed by atoms with Gasteiger partial charge in [-0.25, -0.2) is 4.98 Å². The van der Waals surface area contributed by atoms with Crippen LogP contribution in [0, 0.1) is 0 Å². The Hall–Kier alpha value is -0.900. The van der Waals surface area contributed by atoms with E-state index in [0.717, 1.165) is 12.8 Å². The molecule has 0 atom stereocenters. The van der Waals surface area contributed by atoms with E-state index < -0.39 is 0 Å². The summed E-state index contributed by atoms with van der Waals surface area (Å²) in [6.45, 7) is 2.15. The van der Waals surface area contributed by atoms with Crippen LogP contribution in [0.25, 0.3) is 0 Å². The quantitative estimate of drug-likeness (QED) is 0.754. The number of aromatic nitrogens is 3. The van der Waals surface area contributed by atoms with E-state index in [0.29, 0.717) is 5.82 Å². The third-order valence-electron chi connectivity index (χ3n) is 1.68. The van der Waals surface area contributed by atoms with Crippen molar-refractivity contribution in [1.82, 2.24) is 15.0 Å². The molecule has 0 aliphatic rings. The van der Waals surface area contributed by atoms with Gasteiger partial charge in [0, 0.05) is 6.42 Å². The van der Waals surface area contributed by atoms with Gasteiger partial charge in [0.25, 0.3) is 0 Å². The first-order valence-corrected chi connectivity index (χ1v) is 4.76. The molecule has 0 amide bonds. The SMILES string of the molecule is CCCCCc1nc(N)nc(Cl)n1. The Morgan fingerprint density at radius 2 is 2.00 bits per heavy atom. The smallest absolute Gasteiger partial charge is 0.227 e. The van der Waals surface area contributed by atoms with Crippen LogP contribution < -0.4 is 5.73 Å². The van der Waals surface area contributed by atoms with Crippen LogP contribution in [0.1, 0.15) is 32.0 Å². The van der Waals surface area contributed by atoms with Gasteiger partial charge in [-0.15, -0.1) is 0 Å². The molecular formula is C8H13ClN4. The molecule has 1 heterocycles. The van der Waals surface area contributed by atoms with Crippen molar-refractivity contribution in [2.45, 2.75) is 32.6 Å². The lowest BCUT2D eigenvalue weighted by atomic mass is 10.2. The van der Waals surface area contributed by atoms with E-state index in [1.165, 1.54) is 12.8 Å². The minimum Gasteiger partial charge on any atom is -0.368 e. The minimum absolute atomic E-state index is 0.180. The summed E-state index contributed by atoms with van der Waals surface area (Å²) in [4.78, 5) is 11.6. The van der Waals surface area contributed by atoms with Gasteiger partial charge in [-0.3, -0.25) is 0 Å². The first kappa shape index (κ1) is 10.2. The van der Waals surface area contributed by atoms with Gasteiger partial charge in [0.05, 0.1) is 0 Å². The van der Waals surface area contributed by atoms with Crippen molar-refractivity contribution in [3.63, 3.8) is 0 Å². The van der Waals surface area contributed by atoms with Crippen molar-refractivity contribution in [1.29, 1.82) is 0 Å². The fraction of sp³-hybridized carbons (Fsp3) is 0.625. The molecule has 0 fully saturated rings. The van der Waals surface area contributed by atoms with Crippen molar-refractivity contribution in [3.05, 3.63) is 11.1 Å². The maximum Gasteiger partial charge on any atom is 0.227 e. The highest BCUT2D eigenvalue weighted by Gasteiger charge is 2.01. The predicted octanol–water partition coefficient (Wildman–Crippen LogP) is 1.84. The first-order chi connectivity index (χ1) is 6.22. The van der Waals surface area contributed by atoms with E-state index in [4.69, 9.17) is 17.3 Å². The zero-order valence-corrected chi connectivity index (χ0v) is 8.38. The van der Waals surface area contributed by atoms with Crippen molar-refractivity contribution < 1.29 is 0 Å². The number of nitrogens with zero attached hydrogens (tertiary/aromatic N) is 3. The summed E-state index contributed by atoms with van der Waals surface area (Å²) >= 11 is 5.62. The fourth-order valence-corrected chi connectivity index (χ4v) is 1.24. The summed E-state index contributed by atoms with van der Waals surface area (Å²) in [7, 11) is 0. The summed E-state index contributed by atoms with van der Waals surface area (Å²) in [6.07, 6.45) is 4.23. The number of hydrogen-bond donors (Lipinski definition) is 1. The second-order valence-corrected chi connectivity index (χ2v) is 3.17. The van der Waals surface area contributed by atoms with Crippen molar-refractivity contribution in [3.8, 4) is 0 Å². The number of rotatable bonds is 4. The van der Waals surface area contributed by atoms with Crippen LogP contribution in [0.5, 0.6) is 0 Å². The Bertz CT molecular complexity index is 257. The average Bonchev–Trinajstić information content (AvgIpc) is 2.03. The van der Waals surface area contributed by atoms with Crippen LogP contribution in [-0.2, 0) is 6.42 Å². The second kappa shape index (κ2) is 4.97. The molecule has 0 saturated carbocycles. The molecule has 1 aromatic heterocycles. The van der Waals surface area contributed by atoms with Crippen molar-refractivity contribution in [2.75, 3.05) is 5.73 Å². The fourth-order valence-electron chi connectivity index (χ4n) is 1.05. The number of nitrogens with two attached hydrogens (primary N) is 1. The summed E-state index contributed by atoms with van der Waals surface area (Å²) in [5.41, 5.74) is 5.42. The molecule has 0 saturated heterocycles. The summed E-state index contributed by atoms with van der Waals surface area (Å²) in [6, 6.07) is 0. The summed E-state index contributed by atoms with van der Waals surface area (Å²) < 4.78 is 0. The molecule has 0 aliphatic carbocycles. The monoisotopic (exact) mass is 200 g/mol. The zero-order valence-electron chi connectivity index (χ0n) is 7.63. The Kier molecular flexibility index (Phi) is 3.89.